The highest BCUT2D eigenvalue weighted by Crippen LogP contribution is 2.32. The van der Waals surface area contributed by atoms with Crippen LogP contribution in [0.3, 0.4) is 0 Å². The molecule has 0 bridgehead atoms. The van der Waals surface area contributed by atoms with E-state index in [0.717, 1.165) is 0 Å². The molecule has 2 aromatic heterocycles. The van der Waals surface area contributed by atoms with Crippen molar-refractivity contribution >= 4 is 29.1 Å². The average Bonchev–Trinajstić information content (AvgIpc) is 3.42. The molecular weight excluding hydrogens is 452 g/mol. The van der Waals surface area contributed by atoms with Gasteiger partial charge in [-0.3, -0.25) is 19.4 Å². The normalized spacial score (nSPS) is 10.3. The smallest absolute Gasteiger partial charge is 0.314 e. The van der Waals surface area contributed by atoms with Gasteiger partial charge in [-0.1, -0.05) is 12.1 Å². The number of oxazole rings is 1. The van der Waals surface area contributed by atoms with Crippen molar-refractivity contribution in [1.82, 2.24) is 20.3 Å². The number of hydrogen-bond acceptors (Lipinski definition) is 8. The van der Waals surface area contributed by atoms with Crippen molar-refractivity contribution in [2.75, 3.05) is 17.7 Å². The lowest BCUT2D eigenvalue weighted by Gasteiger charge is -2.11. The van der Waals surface area contributed by atoms with Gasteiger partial charge in [0.25, 0.3) is 5.91 Å². The molecule has 0 aliphatic heterocycles. The van der Waals surface area contributed by atoms with Crippen LogP contribution in [0.1, 0.15) is 16.1 Å². The number of ether oxygens (including phenoxy) is 1. The maximum absolute atomic E-state index is 12.4. The number of aromatic nitrogens is 3. The second-order valence-electron chi connectivity index (χ2n) is 7.16. The average molecular weight is 472 g/mol. The first-order chi connectivity index (χ1) is 17.0. The number of nitrogens with one attached hydrogen (secondary N) is 3. The lowest BCUT2D eigenvalue weighted by Crippen LogP contribution is -2.29. The number of rotatable bonds is 7. The zero-order chi connectivity index (χ0) is 24.6. The van der Waals surface area contributed by atoms with Crippen molar-refractivity contribution < 1.29 is 23.5 Å². The van der Waals surface area contributed by atoms with E-state index in [4.69, 9.17) is 9.15 Å². The van der Waals surface area contributed by atoms with Gasteiger partial charge in [-0.2, -0.15) is 0 Å². The molecule has 0 fully saturated rings. The highest BCUT2D eigenvalue weighted by atomic mass is 16.5. The molecule has 2 heterocycles. The fourth-order valence-corrected chi connectivity index (χ4v) is 3.15. The third-order valence-corrected chi connectivity index (χ3v) is 4.80. The number of carbonyl (C=O) groups excluding carboxylic acids is 3. The number of anilines is 2. The number of hydrogen-bond donors (Lipinski definition) is 3. The second kappa shape index (κ2) is 10.7. The van der Waals surface area contributed by atoms with Gasteiger partial charge >= 0.3 is 11.8 Å². The van der Waals surface area contributed by atoms with Gasteiger partial charge in [0.15, 0.2) is 12.2 Å². The summed E-state index contributed by atoms with van der Waals surface area (Å²) >= 11 is 0. The highest BCUT2D eigenvalue weighted by Gasteiger charge is 2.16. The Morgan fingerprint density at radius 1 is 0.943 bits per heavy atom. The van der Waals surface area contributed by atoms with Gasteiger partial charge in [0.1, 0.15) is 11.4 Å². The van der Waals surface area contributed by atoms with Crippen LogP contribution in [-0.4, -0.2) is 39.8 Å². The van der Waals surface area contributed by atoms with Crippen LogP contribution in [0.2, 0.25) is 0 Å². The first kappa shape index (κ1) is 23.1. The van der Waals surface area contributed by atoms with Crippen LogP contribution in [0, 0.1) is 0 Å². The van der Waals surface area contributed by atoms with E-state index < -0.39 is 11.8 Å². The lowest BCUT2D eigenvalue weighted by atomic mass is 10.1. The SMILES string of the molecule is COc1cc(NC(=O)C(=O)Nc2cccc(CNC(=O)c3cnccn3)c2)ccc1-c1cnco1. The molecule has 0 saturated carbocycles. The standard InChI is InChI=1S/C24H20N6O5/c1-34-20-10-17(5-6-18(20)21-13-26-14-35-21)30-24(33)23(32)29-16-4-2-3-15(9-16)11-28-22(31)19-12-25-7-8-27-19/h2-10,12-14H,11H2,1H3,(H,28,31)(H,29,32)(H,30,33). The summed E-state index contributed by atoms with van der Waals surface area (Å²) in [6.45, 7) is 0.197. The fraction of sp³-hybridized carbons (Fsp3) is 0.0833. The topological polar surface area (TPSA) is 148 Å². The molecule has 2 aromatic carbocycles. The van der Waals surface area contributed by atoms with Gasteiger partial charge in [0.05, 0.1) is 25.1 Å². The van der Waals surface area contributed by atoms with Crippen LogP contribution in [0.5, 0.6) is 5.75 Å². The summed E-state index contributed by atoms with van der Waals surface area (Å²) in [6.07, 6.45) is 7.11. The van der Waals surface area contributed by atoms with Crippen LogP contribution in [-0.2, 0) is 16.1 Å². The van der Waals surface area contributed by atoms with E-state index in [-0.39, 0.29) is 18.1 Å². The summed E-state index contributed by atoms with van der Waals surface area (Å²) in [5, 5.41) is 7.80. The largest absolute Gasteiger partial charge is 0.496 e. The fourth-order valence-electron chi connectivity index (χ4n) is 3.15. The Kier molecular flexibility index (Phi) is 7.07. The third-order valence-electron chi connectivity index (χ3n) is 4.80. The van der Waals surface area contributed by atoms with E-state index in [2.05, 4.69) is 30.9 Å². The quantitative estimate of drug-likeness (QED) is 0.348. The van der Waals surface area contributed by atoms with Gasteiger partial charge in [-0.25, -0.2) is 9.97 Å². The summed E-state index contributed by atoms with van der Waals surface area (Å²) in [7, 11) is 1.48. The Hall–Kier alpha value is -5.06. The third kappa shape index (κ3) is 5.85. The maximum Gasteiger partial charge on any atom is 0.314 e. The van der Waals surface area contributed by atoms with Crippen LogP contribution in [0.25, 0.3) is 11.3 Å². The molecule has 11 nitrogen and oxygen atoms in total. The van der Waals surface area contributed by atoms with Crippen LogP contribution < -0.4 is 20.7 Å². The molecule has 35 heavy (non-hydrogen) atoms. The molecule has 176 valence electrons. The Labute approximate surface area is 199 Å². The predicted octanol–water partition coefficient (Wildman–Crippen LogP) is 2.65. The van der Waals surface area contributed by atoms with Crippen LogP contribution >= 0.6 is 0 Å². The lowest BCUT2D eigenvalue weighted by molar-refractivity contribution is -0.132. The number of methoxy groups -OCH3 is 1. The zero-order valence-electron chi connectivity index (χ0n) is 18.5. The number of benzene rings is 2. The Morgan fingerprint density at radius 2 is 1.74 bits per heavy atom. The number of amides is 3. The van der Waals surface area contributed by atoms with E-state index in [0.29, 0.717) is 34.0 Å². The maximum atomic E-state index is 12.4. The van der Waals surface area contributed by atoms with Gasteiger partial charge < -0.3 is 25.1 Å². The molecule has 0 aliphatic carbocycles. The van der Waals surface area contributed by atoms with Crippen LogP contribution in [0.15, 0.2) is 78.1 Å². The van der Waals surface area contributed by atoms with Gasteiger partial charge in [0.2, 0.25) is 0 Å². The van der Waals surface area contributed by atoms with Crippen molar-refractivity contribution in [3.05, 3.63) is 84.9 Å². The van der Waals surface area contributed by atoms with E-state index in [1.807, 2.05) is 0 Å². The zero-order valence-corrected chi connectivity index (χ0v) is 18.5. The minimum atomic E-state index is -0.860. The number of nitrogens with zero attached hydrogens (tertiary/aromatic N) is 3. The molecule has 4 rings (SSSR count). The minimum Gasteiger partial charge on any atom is -0.496 e. The first-order valence-corrected chi connectivity index (χ1v) is 10.4. The summed E-state index contributed by atoms with van der Waals surface area (Å²) in [5.41, 5.74) is 2.32. The Morgan fingerprint density at radius 3 is 2.43 bits per heavy atom. The first-order valence-electron chi connectivity index (χ1n) is 10.4. The highest BCUT2D eigenvalue weighted by molar-refractivity contribution is 6.43. The molecule has 0 saturated heterocycles. The molecule has 0 spiro atoms. The molecule has 4 aromatic rings. The van der Waals surface area contributed by atoms with E-state index >= 15 is 0 Å². The second-order valence-corrected chi connectivity index (χ2v) is 7.16. The van der Waals surface area contributed by atoms with Gasteiger partial charge in [-0.15, -0.1) is 0 Å². The molecule has 3 N–H and O–H groups in total. The molecule has 0 radical (unpaired) electrons. The summed E-state index contributed by atoms with van der Waals surface area (Å²) < 4.78 is 10.6. The molecule has 0 aliphatic rings. The van der Waals surface area contributed by atoms with Crippen molar-refractivity contribution in [3.63, 3.8) is 0 Å². The van der Waals surface area contributed by atoms with E-state index in [1.54, 1.807) is 48.7 Å². The molecule has 3 amide bonds. The van der Waals surface area contributed by atoms with Gasteiger partial charge in [0, 0.05) is 36.4 Å². The van der Waals surface area contributed by atoms with Crippen molar-refractivity contribution in [1.29, 1.82) is 0 Å². The number of carbonyl (C=O) groups is 3. The Bertz CT molecular complexity index is 1340. The van der Waals surface area contributed by atoms with Crippen LogP contribution in [0.4, 0.5) is 11.4 Å². The predicted molar refractivity (Wildman–Crippen MR) is 125 cm³/mol. The summed E-state index contributed by atoms with van der Waals surface area (Å²) in [6, 6.07) is 11.6. The molecular formula is C24H20N6O5. The summed E-state index contributed by atoms with van der Waals surface area (Å²) in [5.74, 6) is -1.15. The van der Waals surface area contributed by atoms with Gasteiger partial charge in [-0.05, 0) is 29.8 Å². The minimum absolute atomic E-state index is 0.194. The molecule has 0 atom stereocenters. The van der Waals surface area contributed by atoms with E-state index in [9.17, 15) is 14.4 Å². The van der Waals surface area contributed by atoms with E-state index in [1.165, 1.54) is 32.1 Å². The summed E-state index contributed by atoms with van der Waals surface area (Å²) in [4.78, 5) is 48.6. The molecule has 0 unspecified atom stereocenters. The van der Waals surface area contributed by atoms with Crippen molar-refractivity contribution in [2.24, 2.45) is 0 Å². The Balaban J connectivity index is 1.35. The van der Waals surface area contributed by atoms with Crippen molar-refractivity contribution in [2.45, 2.75) is 6.54 Å². The molecule has 11 heteroatoms. The van der Waals surface area contributed by atoms with Crippen molar-refractivity contribution in [3.8, 4) is 17.1 Å². The monoisotopic (exact) mass is 472 g/mol.